The van der Waals surface area contributed by atoms with Crippen molar-refractivity contribution in [3.05, 3.63) is 18.0 Å². The van der Waals surface area contributed by atoms with Gasteiger partial charge in [0.25, 0.3) is 0 Å². The highest BCUT2D eigenvalue weighted by atomic mass is 16.6. The van der Waals surface area contributed by atoms with Crippen molar-refractivity contribution in [3.63, 3.8) is 0 Å². The van der Waals surface area contributed by atoms with Crippen LogP contribution in [-0.4, -0.2) is 27.7 Å². The Morgan fingerprint density at radius 1 is 1.59 bits per heavy atom. The molecule has 1 aromatic heterocycles. The van der Waals surface area contributed by atoms with Crippen molar-refractivity contribution in [2.45, 2.75) is 25.9 Å². The number of carboxylic acids is 1. The minimum Gasteiger partial charge on any atom is -0.479 e. The highest BCUT2D eigenvalue weighted by Gasteiger charge is 2.23. The maximum atomic E-state index is 11.7. The van der Waals surface area contributed by atoms with Gasteiger partial charge < -0.3 is 20.1 Å². The van der Waals surface area contributed by atoms with Gasteiger partial charge >= 0.3 is 11.9 Å². The molecular weight excluding hydrogens is 224 g/mol. The lowest BCUT2D eigenvalue weighted by atomic mass is 10.2. The van der Waals surface area contributed by atoms with Crippen molar-refractivity contribution in [1.82, 2.24) is 4.57 Å². The second kappa shape index (κ2) is 5.38. The highest BCUT2D eigenvalue weighted by Crippen LogP contribution is 2.12. The van der Waals surface area contributed by atoms with Crippen LogP contribution in [0, 0.1) is 0 Å². The third kappa shape index (κ3) is 3.24. The number of aromatic nitrogens is 1. The summed E-state index contributed by atoms with van der Waals surface area (Å²) in [5.74, 6) is -1.81. The average Bonchev–Trinajstić information content (AvgIpc) is 2.57. The second-order valence-electron chi connectivity index (χ2n) is 3.79. The second-order valence-corrected chi connectivity index (χ2v) is 3.79. The molecule has 17 heavy (non-hydrogen) atoms. The summed E-state index contributed by atoms with van der Waals surface area (Å²) >= 11 is 0. The maximum Gasteiger partial charge on any atom is 0.355 e. The molecule has 1 unspecified atom stereocenters. The molecule has 0 amide bonds. The van der Waals surface area contributed by atoms with E-state index in [1.807, 2.05) is 6.92 Å². The first kappa shape index (κ1) is 13.1. The number of nitrogens with two attached hydrogens (primary N) is 1. The standard InChI is InChI=1S/C11H16N2O4/c1-3-4-9(10(14)15)17-11(16)8-5-7(12)6-13(8)2/h5-6,9H,3-4,12H2,1-2H3,(H,14,15). The van der Waals surface area contributed by atoms with Gasteiger partial charge in [0.05, 0.1) is 5.69 Å². The Morgan fingerprint density at radius 2 is 2.24 bits per heavy atom. The number of carbonyl (C=O) groups excluding carboxylic acids is 1. The molecule has 1 heterocycles. The number of carboxylic acid groups (broad SMARTS) is 1. The fourth-order valence-electron chi connectivity index (χ4n) is 1.48. The fourth-order valence-corrected chi connectivity index (χ4v) is 1.48. The number of hydrogen-bond acceptors (Lipinski definition) is 4. The number of aliphatic carboxylic acids is 1. The van der Waals surface area contributed by atoms with Gasteiger partial charge in [0.2, 0.25) is 0 Å². The number of aryl methyl sites for hydroxylation is 1. The largest absolute Gasteiger partial charge is 0.479 e. The normalized spacial score (nSPS) is 12.1. The van der Waals surface area contributed by atoms with Crippen molar-refractivity contribution < 1.29 is 19.4 Å². The third-order valence-corrected chi connectivity index (χ3v) is 2.31. The van der Waals surface area contributed by atoms with Gasteiger partial charge in [-0.2, -0.15) is 0 Å². The Bertz CT molecular complexity index is 425. The van der Waals surface area contributed by atoms with Crippen LogP contribution in [-0.2, 0) is 16.6 Å². The van der Waals surface area contributed by atoms with E-state index in [2.05, 4.69) is 0 Å². The van der Waals surface area contributed by atoms with Crippen molar-refractivity contribution in [1.29, 1.82) is 0 Å². The molecule has 1 aromatic rings. The SMILES string of the molecule is CCCC(OC(=O)c1cc(N)cn1C)C(=O)O. The molecule has 3 N–H and O–H groups in total. The summed E-state index contributed by atoms with van der Waals surface area (Å²) in [6.45, 7) is 1.82. The highest BCUT2D eigenvalue weighted by molar-refractivity contribution is 5.90. The van der Waals surface area contributed by atoms with Crippen LogP contribution in [0.4, 0.5) is 5.69 Å². The maximum absolute atomic E-state index is 11.7. The van der Waals surface area contributed by atoms with E-state index in [1.165, 1.54) is 10.6 Å². The Hall–Kier alpha value is -1.98. The van der Waals surface area contributed by atoms with E-state index in [0.717, 1.165) is 0 Å². The lowest BCUT2D eigenvalue weighted by Crippen LogP contribution is -2.27. The number of anilines is 1. The Balaban J connectivity index is 2.77. The van der Waals surface area contributed by atoms with E-state index in [1.54, 1.807) is 13.2 Å². The van der Waals surface area contributed by atoms with Crippen molar-refractivity contribution in [2.24, 2.45) is 7.05 Å². The zero-order valence-corrected chi connectivity index (χ0v) is 9.84. The molecule has 0 saturated carbocycles. The van der Waals surface area contributed by atoms with Crippen molar-refractivity contribution in [3.8, 4) is 0 Å². The summed E-state index contributed by atoms with van der Waals surface area (Å²) in [6.07, 6.45) is 1.37. The first-order valence-corrected chi connectivity index (χ1v) is 5.31. The molecule has 0 bridgehead atoms. The molecule has 0 saturated heterocycles. The number of rotatable bonds is 5. The number of carbonyl (C=O) groups is 2. The molecule has 0 fully saturated rings. The number of hydrogen-bond donors (Lipinski definition) is 2. The molecule has 1 rings (SSSR count). The predicted molar refractivity (Wildman–Crippen MR) is 61.6 cm³/mol. The third-order valence-electron chi connectivity index (χ3n) is 2.31. The molecule has 6 nitrogen and oxygen atoms in total. The monoisotopic (exact) mass is 240 g/mol. The summed E-state index contributed by atoms with van der Waals surface area (Å²) in [7, 11) is 1.64. The molecule has 0 aliphatic carbocycles. The Labute approximate surface area is 99.0 Å². The molecule has 0 aliphatic rings. The quantitative estimate of drug-likeness (QED) is 0.749. The van der Waals surface area contributed by atoms with E-state index >= 15 is 0 Å². The minimum atomic E-state index is -1.14. The smallest absolute Gasteiger partial charge is 0.355 e. The Morgan fingerprint density at radius 3 is 2.65 bits per heavy atom. The zero-order chi connectivity index (χ0) is 13.0. The van der Waals surface area contributed by atoms with Crippen LogP contribution < -0.4 is 5.73 Å². The van der Waals surface area contributed by atoms with Crippen LogP contribution in [0.3, 0.4) is 0 Å². The molecule has 0 aliphatic heterocycles. The van der Waals surface area contributed by atoms with E-state index in [4.69, 9.17) is 15.6 Å². The predicted octanol–water partition coefficient (Wildman–Crippen LogP) is 1.02. The first-order valence-electron chi connectivity index (χ1n) is 5.31. The molecule has 6 heteroatoms. The number of ether oxygens (including phenoxy) is 1. The fraction of sp³-hybridized carbons (Fsp3) is 0.455. The van der Waals surface area contributed by atoms with Gasteiger partial charge in [-0.25, -0.2) is 9.59 Å². The molecule has 1 atom stereocenters. The number of esters is 1. The van der Waals surface area contributed by atoms with Crippen LogP contribution in [0.15, 0.2) is 12.3 Å². The van der Waals surface area contributed by atoms with E-state index in [-0.39, 0.29) is 5.69 Å². The van der Waals surface area contributed by atoms with E-state index < -0.39 is 18.0 Å². The molecule has 0 radical (unpaired) electrons. The lowest BCUT2D eigenvalue weighted by molar-refractivity contribution is -0.147. The molecule has 0 aromatic carbocycles. The van der Waals surface area contributed by atoms with Crippen LogP contribution in [0.1, 0.15) is 30.3 Å². The number of nitrogens with zero attached hydrogens (tertiary/aromatic N) is 1. The van der Waals surface area contributed by atoms with Gasteiger partial charge in [0.1, 0.15) is 5.69 Å². The van der Waals surface area contributed by atoms with E-state index in [0.29, 0.717) is 18.5 Å². The first-order chi connectivity index (χ1) is 7.95. The van der Waals surface area contributed by atoms with Gasteiger partial charge in [-0.1, -0.05) is 13.3 Å². The van der Waals surface area contributed by atoms with Gasteiger partial charge in [0, 0.05) is 13.2 Å². The number of nitrogen functional groups attached to an aromatic ring is 1. The van der Waals surface area contributed by atoms with Crippen LogP contribution in [0.25, 0.3) is 0 Å². The van der Waals surface area contributed by atoms with Crippen molar-refractivity contribution in [2.75, 3.05) is 5.73 Å². The summed E-state index contributed by atoms with van der Waals surface area (Å²) in [5.41, 5.74) is 6.19. The topological polar surface area (TPSA) is 94.5 Å². The average molecular weight is 240 g/mol. The van der Waals surface area contributed by atoms with Gasteiger partial charge in [0.15, 0.2) is 6.10 Å². The Kier molecular flexibility index (Phi) is 4.14. The summed E-state index contributed by atoms with van der Waals surface area (Å²) in [5, 5.41) is 8.87. The zero-order valence-electron chi connectivity index (χ0n) is 9.84. The summed E-state index contributed by atoms with van der Waals surface area (Å²) in [4.78, 5) is 22.5. The van der Waals surface area contributed by atoms with Crippen LogP contribution in [0.2, 0.25) is 0 Å². The van der Waals surface area contributed by atoms with Gasteiger partial charge in [-0.05, 0) is 12.5 Å². The van der Waals surface area contributed by atoms with Gasteiger partial charge in [-0.3, -0.25) is 0 Å². The molecule has 94 valence electrons. The molecule has 0 spiro atoms. The van der Waals surface area contributed by atoms with Gasteiger partial charge in [-0.15, -0.1) is 0 Å². The lowest BCUT2D eigenvalue weighted by Gasteiger charge is -2.12. The minimum absolute atomic E-state index is 0.241. The van der Waals surface area contributed by atoms with Crippen LogP contribution >= 0.6 is 0 Å². The summed E-state index contributed by atoms with van der Waals surface area (Å²) < 4.78 is 6.42. The van der Waals surface area contributed by atoms with Crippen molar-refractivity contribution >= 4 is 17.6 Å². The van der Waals surface area contributed by atoms with E-state index in [9.17, 15) is 9.59 Å². The molecular formula is C11H16N2O4. The summed E-state index contributed by atoms with van der Waals surface area (Å²) in [6, 6.07) is 1.45. The van der Waals surface area contributed by atoms with Crippen LogP contribution in [0.5, 0.6) is 0 Å².